The van der Waals surface area contributed by atoms with E-state index in [0.29, 0.717) is 19.6 Å². The minimum Gasteiger partial charge on any atom is -0.494 e. The van der Waals surface area contributed by atoms with Crippen LogP contribution < -0.4 is 10.5 Å². The molecule has 1 aromatic rings. The molecule has 0 bridgehead atoms. The van der Waals surface area contributed by atoms with E-state index in [4.69, 9.17) is 15.2 Å². The van der Waals surface area contributed by atoms with Crippen molar-refractivity contribution in [2.45, 2.75) is 32.6 Å². The topological polar surface area (TPSA) is 61.5 Å². The van der Waals surface area contributed by atoms with Gasteiger partial charge in [-0.05, 0) is 50.4 Å². The summed E-state index contributed by atoms with van der Waals surface area (Å²) >= 11 is 0. The van der Waals surface area contributed by atoms with E-state index >= 15 is 0 Å². The van der Waals surface area contributed by atoms with Gasteiger partial charge in [0.1, 0.15) is 5.75 Å². The van der Waals surface area contributed by atoms with Gasteiger partial charge in [0.2, 0.25) is 0 Å². The minimum absolute atomic E-state index is 0.196. The minimum atomic E-state index is -0.196. The van der Waals surface area contributed by atoms with E-state index in [1.807, 2.05) is 24.3 Å². The maximum Gasteiger partial charge on any atom is 0.310 e. The van der Waals surface area contributed by atoms with Gasteiger partial charge in [-0.25, -0.2) is 0 Å². The molecule has 0 unspecified atom stereocenters. The van der Waals surface area contributed by atoms with Crippen LogP contribution in [-0.4, -0.2) is 25.7 Å². The lowest BCUT2D eigenvalue weighted by molar-refractivity contribution is -0.142. The molecule has 0 heterocycles. The molecule has 0 radical (unpaired) electrons. The Labute approximate surface area is 114 Å². The molecule has 0 saturated carbocycles. The Hall–Kier alpha value is -1.55. The Bertz CT molecular complexity index is 362. The summed E-state index contributed by atoms with van der Waals surface area (Å²) in [7, 11) is 0. The molecule has 4 heteroatoms. The summed E-state index contributed by atoms with van der Waals surface area (Å²) in [5, 5.41) is 0. The maximum absolute atomic E-state index is 11.3. The van der Waals surface area contributed by atoms with Gasteiger partial charge in [0.05, 0.1) is 19.6 Å². The monoisotopic (exact) mass is 265 g/mol. The van der Waals surface area contributed by atoms with Crippen LogP contribution in [0.3, 0.4) is 0 Å². The second-order valence-electron chi connectivity index (χ2n) is 4.32. The Balaban J connectivity index is 2.29. The molecule has 0 aliphatic heterocycles. The molecule has 19 heavy (non-hydrogen) atoms. The van der Waals surface area contributed by atoms with E-state index < -0.39 is 0 Å². The molecule has 0 aromatic heterocycles. The van der Waals surface area contributed by atoms with Crippen molar-refractivity contribution in [2.75, 3.05) is 19.8 Å². The predicted molar refractivity (Wildman–Crippen MR) is 75.2 cm³/mol. The van der Waals surface area contributed by atoms with Crippen molar-refractivity contribution in [3.63, 3.8) is 0 Å². The van der Waals surface area contributed by atoms with E-state index in [-0.39, 0.29) is 5.97 Å². The van der Waals surface area contributed by atoms with Gasteiger partial charge in [0.25, 0.3) is 0 Å². The molecule has 0 spiro atoms. The third-order valence-electron chi connectivity index (χ3n) is 2.69. The summed E-state index contributed by atoms with van der Waals surface area (Å²) in [6.07, 6.45) is 3.46. The first-order valence-electron chi connectivity index (χ1n) is 6.83. The Morgan fingerprint density at radius 3 is 2.53 bits per heavy atom. The highest BCUT2D eigenvalue weighted by Gasteiger charge is 2.03. The van der Waals surface area contributed by atoms with Crippen molar-refractivity contribution < 1.29 is 14.3 Å². The van der Waals surface area contributed by atoms with E-state index in [1.54, 1.807) is 6.92 Å². The lowest BCUT2D eigenvalue weighted by Crippen LogP contribution is -2.07. The second kappa shape index (κ2) is 9.39. The van der Waals surface area contributed by atoms with Crippen molar-refractivity contribution >= 4 is 5.97 Å². The molecule has 0 atom stereocenters. The third kappa shape index (κ3) is 6.82. The number of hydrogen-bond donors (Lipinski definition) is 1. The lowest BCUT2D eigenvalue weighted by Gasteiger charge is -2.07. The Morgan fingerprint density at radius 2 is 1.89 bits per heavy atom. The highest BCUT2D eigenvalue weighted by Crippen LogP contribution is 2.13. The van der Waals surface area contributed by atoms with Crippen LogP contribution in [-0.2, 0) is 16.0 Å². The third-order valence-corrected chi connectivity index (χ3v) is 2.69. The maximum atomic E-state index is 11.3. The lowest BCUT2D eigenvalue weighted by atomic mass is 10.1. The highest BCUT2D eigenvalue weighted by atomic mass is 16.5. The van der Waals surface area contributed by atoms with E-state index in [9.17, 15) is 4.79 Å². The number of esters is 1. The van der Waals surface area contributed by atoms with E-state index in [0.717, 1.165) is 37.1 Å². The zero-order valence-electron chi connectivity index (χ0n) is 11.6. The summed E-state index contributed by atoms with van der Waals surface area (Å²) in [6, 6.07) is 7.56. The quantitative estimate of drug-likeness (QED) is 0.550. The van der Waals surface area contributed by atoms with Crippen LogP contribution in [0, 0.1) is 0 Å². The molecule has 0 fully saturated rings. The normalized spacial score (nSPS) is 10.2. The number of benzene rings is 1. The molecule has 0 amide bonds. The van der Waals surface area contributed by atoms with E-state index in [1.165, 1.54) is 0 Å². The molecular weight excluding hydrogens is 242 g/mol. The van der Waals surface area contributed by atoms with Crippen molar-refractivity contribution in [3.8, 4) is 5.75 Å². The number of carbonyl (C=O) groups excluding carboxylic acids is 1. The van der Waals surface area contributed by atoms with Crippen LogP contribution in [0.1, 0.15) is 31.7 Å². The average Bonchev–Trinajstić information content (AvgIpc) is 2.41. The molecular formula is C15H23NO3. The summed E-state index contributed by atoms with van der Waals surface area (Å²) in [6.45, 7) is 3.67. The van der Waals surface area contributed by atoms with Crippen LogP contribution in [0.4, 0.5) is 0 Å². The van der Waals surface area contributed by atoms with Gasteiger partial charge >= 0.3 is 5.97 Å². The number of hydrogen-bond acceptors (Lipinski definition) is 4. The van der Waals surface area contributed by atoms with Crippen LogP contribution in [0.5, 0.6) is 5.75 Å². The first-order valence-corrected chi connectivity index (χ1v) is 6.83. The number of nitrogens with two attached hydrogens (primary N) is 1. The van der Waals surface area contributed by atoms with Crippen molar-refractivity contribution in [3.05, 3.63) is 29.8 Å². The van der Waals surface area contributed by atoms with Gasteiger partial charge in [0, 0.05) is 0 Å². The van der Waals surface area contributed by atoms with Crippen molar-refractivity contribution in [1.29, 1.82) is 0 Å². The van der Waals surface area contributed by atoms with E-state index in [2.05, 4.69) is 0 Å². The first kappa shape index (κ1) is 15.5. The van der Waals surface area contributed by atoms with Crippen molar-refractivity contribution in [2.24, 2.45) is 5.73 Å². The smallest absolute Gasteiger partial charge is 0.310 e. The second-order valence-corrected chi connectivity index (χ2v) is 4.32. The Morgan fingerprint density at radius 1 is 1.16 bits per heavy atom. The van der Waals surface area contributed by atoms with Gasteiger partial charge in [0.15, 0.2) is 0 Å². The summed E-state index contributed by atoms with van der Waals surface area (Å²) in [5.41, 5.74) is 6.36. The predicted octanol–water partition coefficient (Wildman–Crippen LogP) is 2.30. The number of carbonyl (C=O) groups is 1. The molecule has 4 nitrogen and oxygen atoms in total. The fraction of sp³-hybridized carbons (Fsp3) is 0.533. The average molecular weight is 265 g/mol. The van der Waals surface area contributed by atoms with Crippen LogP contribution in [0.2, 0.25) is 0 Å². The standard InChI is InChI=1S/C15H23NO3/c1-2-18-15(17)12-13-6-8-14(9-7-13)19-11-5-3-4-10-16/h6-9H,2-5,10-12,16H2,1H3. The number of rotatable bonds is 9. The molecule has 0 aliphatic rings. The molecule has 0 saturated heterocycles. The fourth-order valence-electron chi connectivity index (χ4n) is 1.70. The largest absolute Gasteiger partial charge is 0.494 e. The van der Waals surface area contributed by atoms with Crippen LogP contribution >= 0.6 is 0 Å². The van der Waals surface area contributed by atoms with Gasteiger partial charge < -0.3 is 15.2 Å². The van der Waals surface area contributed by atoms with Crippen molar-refractivity contribution in [1.82, 2.24) is 0 Å². The zero-order chi connectivity index (χ0) is 13.9. The first-order chi connectivity index (χ1) is 9.26. The van der Waals surface area contributed by atoms with Gasteiger partial charge in [-0.3, -0.25) is 4.79 Å². The molecule has 2 N–H and O–H groups in total. The summed E-state index contributed by atoms with van der Waals surface area (Å²) < 4.78 is 10.5. The van der Waals surface area contributed by atoms with Crippen LogP contribution in [0.25, 0.3) is 0 Å². The van der Waals surface area contributed by atoms with Gasteiger partial charge in [-0.2, -0.15) is 0 Å². The van der Waals surface area contributed by atoms with Gasteiger partial charge in [-0.15, -0.1) is 0 Å². The SMILES string of the molecule is CCOC(=O)Cc1ccc(OCCCCCN)cc1. The molecule has 1 rings (SSSR count). The molecule has 106 valence electrons. The summed E-state index contributed by atoms with van der Waals surface area (Å²) in [5.74, 6) is 0.637. The fourth-order valence-corrected chi connectivity index (χ4v) is 1.70. The number of unbranched alkanes of at least 4 members (excludes halogenated alkanes) is 2. The molecule has 0 aliphatic carbocycles. The number of ether oxygens (including phenoxy) is 2. The highest BCUT2D eigenvalue weighted by molar-refractivity contribution is 5.72. The Kier molecular flexibility index (Phi) is 7.66. The van der Waals surface area contributed by atoms with Crippen LogP contribution in [0.15, 0.2) is 24.3 Å². The van der Waals surface area contributed by atoms with Gasteiger partial charge in [-0.1, -0.05) is 12.1 Å². The summed E-state index contributed by atoms with van der Waals surface area (Å²) in [4.78, 5) is 11.3. The molecule has 1 aromatic carbocycles. The zero-order valence-corrected chi connectivity index (χ0v) is 11.6.